The Bertz CT molecular complexity index is 450. The number of carbonyl (C=O) groups is 1. The number of aliphatic hydroxyl groups is 1. The summed E-state index contributed by atoms with van der Waals surface area (Å²) in [6.07, 6.45) is 0.994. The van der Waals surface area contributed by atoms with Crippen LogP contribution in [0.1, 0.15) is 18.4 Å². The van der Waals surface area contributed by atoms with Gasteiger partial charge in [0.25, 0.3) is 0 Å². The molecule has 0 spiro atoms. The molecule has 0 unspecified atom stereocenters. The normalized spacial score (nSPS) is 10.4. The van der Waals surface area contributed by atoms with Gasteiger partial charge in [-0.3, -0.25) is 4.79 Å². The average Bonchev–Trinajstić information content (AvgIpc) is 2.35. The molecule has 0 atom stereocenters. The van der Waals surface area contributed by atoms with Crippen LogP contribution in [0.3, 0.4) is 0 Å². The first-order chi connectivity index (χ1) is 8.95. The summed E-state index contributed by atoms with van der Waals surface area (Å²) >= 11 is 11.8. The van der Waals surface area contributed by atoms with Crippen molar-refractivity contribution in [2.24, 2.45) is 0 Å². The van der Waals surface area contributed by atoms with E-state index in [-0.39, 0.29) is 12.5 Å². The molecule has 0 aliphatic heterocycles. The zero-order valence-electron chi connectivity index (χ0n) is 10.9. The van der Waals surface area contributed by atoms with Crippen molar-refractivity contribution in [1.29, 1.82) is 0 Å². The average molecular weight is 306 g/mol. The molecule has 4 nitrogen and oxygen atoms in total. The first kappa shape index (κ1) is 16.1. The minimum absolute atomic E-state index is 0.0492. The molecule has 19 heavy (non-hydrogen) atoms. The number of nitrogens with zero attached hydrogens (tertiary/aromatic N) is 1. The third-order valence-corrected chi connectivity index (χ3v) is 3.03. The van der Waals surface area contributed by atoms with Crippen LogP contribution in [0.2, 0.25) is 10.0 Å². The van der Waals surface area contributed by atoms with Gasteiger partial charge in [0.2, 0.25) is 5.91 Å². The highest BCUT2D eigenvalue weighted by molar-refractivity contribution is 6.35. The van der Waals surface area contributed by atoms with Gasteiger partial charge in [-0.05, 0) is 18.6 Å². The molecule has 1 aromatic carbocycles. The maximum absolute atomic E-state index is 11.4. The van der Waals surface area contributed by atoms with E-state index in [1.807, 2.05) is 0 Å². The molecule has 0 heterocycles. The molecule has 106 valence electrons. The molecular formula is C13H17Cl2NO3. The molecule has 1 aromatic rings. The third-order valence-electron chi connectivity index (χ3n) is 2.54. The summed E-state index contributed by atoms with van der Waals surface area (Å²) in [5.41, 5.74) is 0.538. The van der Waals surface area contributed by atoms with Crippen LogP contribution in [0.4, 0.5) is 0 Å². The van der Waals surface area contributed by atoms with Gasteiger partial charge in [0.05, 0.1) is 18.2 Å². The lowest BCUT2D eigenvalue weighted by Crippen LogP contribution is -2.21. The molecule has 0 aliphatic rings. The van der Waals surface area contributed by atoms with Gasteiger partial charge in [0, 0.05) is 31.1 Å². The van der Waals surface area contributed by atoms with Crippen molar-refractivity contribution in [3.63, 3.8) is 0 Å². The molecule has 6 heteroatoms. The molecule has 0 aromatic heterocycles. The van der Waals surface area contributed by atoms with Crippen LogP contribution in [0.15, 0.2) is 12.1 Å². The molecule has 0 aliphatic carbocycles. The van der Waals surface area contributed by atoms with E-state index in [1.54, 1.807) is 26.2 Å². The maximum Gasteiger partial charge on any atom is 0.222 e. The number of aliphatic hydroxyl groups excluding tert-OH is 1. The van der Waals surface area contributed by atoms with Crippen LogP contribution in [-0.2, 0) is 11.4 Å². The highest BCUT2D eigenvalue weighted by Crippen LogP contribution is 2.32. The van der Waals surface area contributed by atoms with Crippen molar-refractivity contribution in [2.75, 3.05) is 20.7 Å². The van der Waals surface area contributed by atoms with Crippen LogP contribution >= 0.6 is 23.2 Å². The third kappa shape index (κ3) is 4.90. The largest absolute Gasteiger partial charge is 0.492 e. The quantitative estimate of drug-likeness (QED) is 0.822. The molecule has 1 amide bonds. The Balaban J connectivity index is 2.56. The van der Waals surface area contributed by atoms with Crippen molar-refractivity contribution in [3.8, 4) is 5.75 Å². The van der Waals surface area contributed by atoms with E-state index in [0.29, 0.717) is 40.8 Å². The van der Waals surface area contributed by atoms with Crippen molar-refractivity contribution >= 4 is 29.1 Å². The van der Waals surface area contributed by atoms with Crippen LogP contribution in [0.25, 0.3) is 0 Å². The Hall–Kier alpha value is -0.970. The van der Waals surface area contributed by atoms with E-state index < -0.39 is 0 Å². The second-order valence-corrected chi connectivity index (χ2v) is 5.12. The van der Waals surface area contributed by atoms with Gasteiger partial charge in [-0.15, -0.1) is 0 Å². The van der Waals surface area contributed by atoms with E-state index >= 15 is 0 Å². The smallest absolute Gasteiger partial charge is 0.222 e. The SMILES string of the molecule is CN(C)C(=O)CCCOc1c(Cl)cc(Cl)cc1CO. The summed E-state index contributed by atoms with van der Waals surface area (Å²) in [5.74, 6) is 0.471. The summed E-state index contributed by atoms with van der Waals surface area (Å²) in [6.45, 7) is 0.153. The lowest BCUT2D eigenvalue weighted by Gasteiger charge is -2.13. The van der Waals surface area contributed by atoms with E-state index in [9.17, 15) is 9.90 Å². The van der Waals surface area contributed by atoms with Crippen molar-refractivity contribution in [1.82, 2.24) is 4.90 Å². The molecule has 0 saturated heterocycles. The minimum Gasteiger partial charge on any atom is -0.492 e. The lowest BCUT2D eigenvalue weighted by atomic mass is 10.2. The zero-order valence-corrected chi connectivity index (χ0v) is 12.5. The summed E-state index contributed by atoms with van der Waals surface area (Å²) in [6, 6.07) is 3.16. The lowest BCUT2D eigenvalue weighted by molar-refractivity contribution is -0.128. The topological polar surface area (TPSA) is 49.8 Å². The molecular weight excluding hydrogens is 289 g/mol. The highest BCUT2D eigenvalue weighted by Gasteiger charge is 2.10. The minimum atomic E-state index is -0.202. The standard InChI is InChI=1S/C13H17Cl2NO3/c1-16(2)12(18)4-3-5-19-13-9(8-17)6-10(14)7-11(13)15/h6-7,17H,3-5,8H2,1-2H3. The number of halogens is 2. The molecule has 0 bridgehead atoms. The monoisotopic (exact) mass is 305 g/mol. The van der Waals surface area contributed by atoms with E-state index in [2.05, 4.69) is 0 Å². The Morgan fingerprint density at radius 3 is 2.63 bits per heavy atom. The van der Waals surface area contributed by atoms with Crippen molar-refractivity contribution < 1.29 is 14.6 Å². The van der Waals surface area contributed by atoms with E-state index in [0.717, 1.165) is 0 Å². The first-order valence-electron chi connectivity index (χ1n) is 5.87. The predicted molar refractivity (Wildman–Crippen MR) is 75.8 cm³/mol. The van der Waals surface area contributed by atoms with Crippen molar-refractivity contribution in [3.05, 3.63) is 27.7 Å². The van der Waals surface area contributed by atoms with E-state index in [1.165, 1.54) is 4.90 Å². The van der Waals surface area contributed by atoms with Gasteiger partial charge in [0.1, 0.15) is 5.75 Å². The Morgan fingerprint density at radius 2 is 2.05 bits per heavy atom. The van der Waals surface area contributed by atoms with Gasteiger partial charge in [0.15, 0.2) is 0 Å². The zero-order chi connectivity index (χ0) is 14.4. The highest BCUT2D eigenvalue weighted by atomic mass is 35.5. The number of rotatable bonds is 6. The summed E-state index contributed by atoms with van der Waals surface area (Å²) in [5, 5.41) is 10.0. The number of hydrogen-bond donors (Lipinski definition) is 1. The number of amides is 1. The number of benzene rings is 1. The Labute approximate surface area is 122 Å². The van der Waals surface area contributed by atoms with Crippen LogP contribution < -0.4 is 4.74 Å². The predicted octanol–water partition coefficient (Wildman–Crippen LogP) is 2.73. The van der Waals surface area contributed by atoms with Gasteiger partial charge < -0.3 is 14.7 Å². The second kappa shape index (κ2) is 7.58. The van der Waals surface area contributed by atoms with Crippen LogP contribution in [-0.4, -0.2) is 36.6 Å². The molecule has 0 fully saturated rings. The fraction of sp³-hybridized carbons (Fsp3) is 0.462. The maximum atomic E-state index is 11.4. The van der Waals surface area contributed by atoms with Gasteiger partial charge >= 0.3 is 0 Å². The summed E-state index contributed by atoms with van der Waals surface area (Å²) in [4.78, 5) is 12.9. The fourth-order valence-corrected chi connectivity index (χ4v) is 2.10. The van der Waals surface area contributed by atoms with Crippen molar-refractivity contribution in [2.45, 2.75) is 19.4 Å². The van der Waals surface area contributed by atoms with Crippen LogP contribution in [0, 0.1) is 0 Å². The Morgan fingerprint density at radius 1 is 1.37 bits per heavy atom. The van der Waals surface area contributed by atoms with E-state index in [4.69, 9.17) is 27.9 Å². The first-order valence-corrected chi connectivity index (χ1v) is 6.63. The van der Waals surface area contributed by atoms with Crippen LogP contribution in [0.5, 0.6) is 5.75 Å². The molecule has 0 radical (unpaired) electrons. The number of ether oxygens (including phenoxy) is 1. The number of carbonyl (C=O) groups excluding carboxylic acids is 1. The molecule has 1 N–H and O–H groups in total. The van der Waals surface area contributed by atoms with Gasteiger partial charge in [-0.2, -0.15) is 0 Å². The fourth-order valence-electron chi connectivity index (χ4n) is 1.51. The molecule has 0 saturated carbocycles. The summed E-state index contributed by atoms with van der Waals surface area (Å²) in [7, 11) is 3.42. The van der Waals surface area contributed by atoms with Gasteiger partial charge in [-0.25, -0.2) is 0 Å². The number of hydrogen-bond acceptors (Lipinski definition) is 3. The van der Waals surface area contributed by atoms with Gasteiger partial charge in [-0.1, -0.05) is 23.2 Å². The summed E-state index contributed by atoms with van der Waals surface area (Å²) < 4.78 is 5.52. The second-order valence-electron chi connectivity index (χ2n) is 4.27. The Kier molecular flexibility index (Phi) is 6.42. The molecule has 1 rings (SSSR count).